The van der Waals surface area contributed by atoms with Gasteiger partial charge < -0.3 is 5.11 Å². The van der Waals surface area contributed by atoms with Crippen LogP contribution in [-0.4, -0.2) is 20.6 Å². The van der Waals surface area contributed by atoms with Crippen molar-refractivity contribution in [1.82, 2.24) is 9.55 Å². The molecule has 0 saturated carbocycles. The molecule has 18 heavy (non-hydrogen) atoms. The first-order valence-electron chi connectivity index (χ1n) is 6.20. The van der Waals surface area contributed by atoms with Gasteiger partial charge in [0, 0.05) is 23.5 Å². The highest BCUT2D eigenvalue weighted by atomic mass is 16.4. The highest BCUT2D eigenvalue weighted by molar-refractivity contribution is 5.76. The number of carboxylic acid groups (broad SMARTS) is 1. The van der Waals surface area contributed by atoms with Crippen molar-refractivity contribution in [2.45, 2.75) is 53.0 Å². The van der Waals surface area contributed by atoms with Gasteiger partial charge in [-0.3, -0.25) is 9.36 Å². The van der Waals surface area contributed by atoms with Crippen molar-refractivity contribution in [1.29, 1.82) is 0 Å². The lowest BCUT2D eigenvalue weighted by molar-refractivity contribution is -0.138. The average Bonchev–Trinajstić information content (AvgIpc) is 2.28. The lowest BCUT2D eigenvalue weighted by Crippen LogP contribution is -2.29. The molecule has 0 aliphatic carbocycles. The molecule has 1 unspecified atom stereocenters. The molecule has 0 aliphatic rings. The zero-order valence-corrected chi connectivity index (χ0v) is 11.4. The van der Waals surface area contributed by atoms with E-state index in [0.29, 0.717) is 17.8 Å². The largest absolute Gasteiger partial charge is 0.481 e. The molecule has 0 radical (unpaired) electrons. The Kier molecular flexibility index (Phi) is 4.64. The maximum atomic E-state index is 11.8. The zero-order valence-electron chi connectivity index (χ0n) is 11.4. The molecule has 0 saturated heterocycles. The van der Waals surface area contributed by atoms with Gasteiger partial charge in [0.25, 0.3) is 0 Å². The number of carbonyl (C=O) groups is 1. The highest BCUT2D eigenvalue weighted by Gasteiger charge is 2.21. The van der Waals surface area contributed by atoms with E-state index >= 15 is 0 Å². The average molecular weight is 252 g/mol. The molecule has 1 heterocycles. The van der Waals surface area contributed by atoms with Gasteiger partial charge in [-0.05, 0) is 27.2 Å². The van der Waals surface area contributed by atoms with Gasteiger partial charge in [-0.15, -0.1) is 0 Å². The minimum absolute atomic E-state index is 0.292. The van der Waals surface area contributed by atoms with Crippen molar-refractivity contribution < 1.29 is 9.90 Å². The predicted octanol–water partition coefficient (Wildman–Crippen LogP) is 1.85. The van der Waals surface area contributed by atoms with Crippen LogP contribution in [0.4, 0.5) is 0 Å². The van der Waals surface area contributed by atoms with Crippen LogP contribution < -0.4 is 5.69 Å². The van der Waals surface area contributed by atoms with Gasteiger partial charge in [-0.25, -0.2) is 4.79 Å². The molecule has 0 bridgehead atoms. The molecule has 0 amide bonds. The minimum Gasteiger partial charge on any atom is -0.481 e. The van der Waals surface area contributed by atoms with Crippen molar-refractivity contribution in [2.75, 3.05) is 0 Å². The summed E-state index contributed by atoms with van der Waals surface area (Å²) in [4.78, 5) is 26.8. The Morgan fingerprint density at radius 3 is 2.56 bits per heavy atom. The van der Waals surface area contributed by atoms with E-state index in [4.69, 9.17) is 5.11 Å². The van der Waals surface area contributed by atoms with Crippen LogP contribution >= 0.6 is 0 Å². The van der Waals surface area contributed by atoms with Crippen LogP contribution in [0.25, 0.3) is 0 Å². The third kappa shape index (κ3) is 2.78. The van der Waals surface area contributed by atoms with E-state index in [1.54, 1.807) is 25.3 Å². The van der Waals surface area contributed by atoms with Crippen LogP contribution in [0.2, 0.25) is 0 Å². The molecule has 1 aromatic heterocycles. The van der Waals surface area contributed by atoms with Gasteiger partial charge in [0.2, 0.25) is 0 Å². The molecular weight excluding hydrogens is 232 g/mol. The fraction of sp³-hybridized carbons (Fsp3) is 0.615. The molecule has 0 spiro atoms. The van der Waals surface area contributed by atoms with Crippen molar-refractivity contribution in [3.8, 4) is 0 Å². The Labute approximate surface area is 106 Å². The zero-order chi connectivity index (χ0) is 13.9. The molecule has 0 aliphatic heterocycles. The molecule has 1 N–H and O–H groups in total. The Bertz CT molecular complexity index is 506. The third-order valence-corrected chi connectivity index (χ3v) is 3.22. The molecule has 0 aromatic carbocycles. The quantitative estimate of drug-likeness (QED) is 0.868. The molecule has 1 atom stereocenters. The SMILES string of the molecule is CCCCn1c(C)c(C(C)C(=O)O)c(C)nc1=O. The maximum absolute atomic E-state index is 11.8. The number of aliphatic carboxylic acids is 1. The summed E-state index contributed by atoms with van der Waals surface area (Å²) in [6, 6.07) is 0. The Morgan fingerprint density at radius 2 is 2.06 bits per heavy atom. The van der Waals surface area contributed by atoms with E-state index in [0.717, 1.165) is 18.5 Å². The monoisotopic (exact) mass is 252 g/mol. The van der Waals surface area contributed by atoms with E-state index in [-0.39, 0.29) is 5.69 Å². The summed E-state index contributed by atoms with van der Waals surface area (Å²) in [5, 5.41) is 9.11. The lowest BCUT2D eigenvalue weighted by Gasteiger charge is -2.17. The summed E-state index contributed by atoms with van der Waals surface area (Å²) in [6.07, 6.45) is 1.86. The molecule has 1 rings (SSSR count). The molecule has 100 valence electrons. The van der Waals surface area contributed by atoms with Gasteiger partial charge in [0.05, 0.1) is 5.92 Å². The molecule has 0 fully saturated rings. The summed E-state index contributed by atoms with van der Waals surface area (Å²) in [5.41, 5.74) is 1.59. The minimum atomic E-state index is -0.899. The fourth-order valence-electron chi connectivity index (χ4n) is 2.14. The molecule has 5 nitrogen and oxygen atoms in total. The topological polar surface area (TPSA) is 72.2 Å². The van der Waals surface area contributed by atoms with Gasteiger partial charge in [-0.2, -0.15) is 4.98 Å². The molecule has 1 aromatic rings. The Morgan fingerprint density at radius 1 is 1.44 bits per heavy atom. The van der Waals surface area contributed by atoms with Crippen molar-refractivity contribution in [3.63, 3.8) is 0 Å². The highest BCUT2D eigenvalue weighted by Crippen LogP contribution is 2.21. The van der Waals surface area contributed by atoms with E-state index in [1.165, 1.54) is 0 Å². The Balaban J connectivity index is 3.35. The van der Waals surface area contributed by atoms with Crippen molar-refractivity contribution in [3.05, 3.63) is 27.4 Å². The number of carboxylic acids is 1. The van der Waals surface area contributed by atoms with Crippen LogP contribution in [0.15, 0.2) is 4.79 Å². The lowest BCUT2D eigenvalue weighted by atomic mass is 9.98. The van der Waals surface area contributed by atoms with E-state index < -0.39 is 11.9 Å². The van der Waals surface area contributed by atoms with Crippen LogP contribution in [-0.2, 0) is 11.3 Å². The van der Waals surface area contributed by atoms with E-state index in [9.17, 15) is 9.59 Å². The first-order valence-corrected chi connectivity index (χ1v) is 6.20. The van der Waals surface area contributed by atoms with Crippen LogP contribution in [0.5, 0.6) is 0 Å². The van der Waals surface area contributed by atoms with Crippen molar-refractivity contribution >= 4 is 5.97 Å². The fourth-order valence-corrected chi connectivity index (χ4v) is 2.14. The van der Waals surface area contributed by atoms with E-state index in [2.05, 4.69) is 4.98 Å². The normalized spacial score (nSPS) is 12.4. The second-order valence-electron chi connectivity index (χ2n) is 4.54. The standard InChI is InChI=1S/C13H20N2O3/c1-5-6-7-15-10(4)11(8(2)12(16)17)9(3)14-13(15)18/h8H,5-7H2,1-4H3,(H,16,17). The summed E-state index contributed by atoms with van der Waals surface area (Å²) in [6.45, 7) is 7.73. The van der Waals surface area contributed by atoms with E-state index in [1.807, 2.05) is 6.92 Å². The van der Waals surface area contributed by atoms with Gasteiger partial charge in [0.15, 0.2) is 0 Å². The summed E-state index contributed by atoms with van der Waals surface area (Å²) in [7, 11) is 0. The maximum Gasteiger partial charge on any atom is 0.347 e. The number of aromatic nitrogens is 2. The molecule has 5 heteroatoms. The predicted molar refractivity (Wildman–Crippen MR) is 68.9 cm³/mol. The first kappa shape index (κ1) is 14.4. The summed E-state index contributed by atoms with van der Waals surface area (Å²) in [5.74, 6) is -1.55. The van der Waals surface area contributed by atoms with Crippen LogP contribution in [0, 0.1) is 13.8 Å². The number of hydrogen-bond acceptors (Lipinski definition) is 3. The Hall–Kier alpha value is -1.65. The second-order valence-corrected chi connectivity index (χ2v) is 4.54. The third-order valence-electron chi connectivity index (χ3n) is 3.22. The smallest absolute Gasteiger partial charge is 0.347 e. The summed E-state index contributed by atoms with van der Waals surface area (Å²) >= 11 is 0. The second kappa shape index (κ2) is 5.80. The molecular formula is C13H20N2O3. The first-order chi connectivity index (χ1) is 8.40. The number of unbranched alkanes of at least 4 members (excludes halogenated alkanes) is 1. The number of nitrogens with zero attached hydrogens (tertiary/aromatic N) is 2. The van der Waals surface area contributed by atoms with Crippen LogP contribution in [0.1, 0.15) is 49.6 Å². The summed E-state index contributed by atoms with van der Waals surface area (Å²) < 4.78 is 1.57. The van der Waals surface area contributed by atoms with Crippen LogP contribution in [0.3, 0.4) is 0 Å². The number of rotatable bonds is 5. The number of aryl methyl sites for hydroxylation is 1. The van der Waals surface area contributed by atoms with Crippen molar-refractivity contribution in [2.24, 2.45) is 0 Å². The van der Waals surface area contributed by atoms with Gasteiger partial charge in [-0.1, -0.05) is 13.3 Å². The number of hydrogen-bond donors (Lipinski definition) is 1. The van der Waals surface area contributed by atoms with Gasteiger partial charge in [0.1, 0.15) is 0 Å². The van der Waals surface area contributed by atoms with Gasteiger partial charge >= 0.3 is 11.7 Å².